The Hall–Kier alpha value is -1.80. The van der Waals surface area contributed by atoms with Crippen molar-refractivity contribution in [2.24, 2.45) is 0 Å². The fraction of sp³-hybridized carbons (Fsp3) is 0.500. The van der Waals surface area contributed by atoms with Gasteiger partial charge in [-0.25, -0.2) is 8.42 Å². The number of benzene rings is 1. The van der Waals surface area contributed by atoms with E-state index >= 15 is 0 Å². The predicted octanol–water partition coefficient (Wildman–Crippen LogP) is 3.44. The second-order valence-electron chi connectivity index (χ2n) is 6.78. The number of nitrogens with one attached hydrogen (secondary N) is 1. The van der Waals surface area contributed by atoms with Crippen LogP contribution in [0.1, 0.15) is 48.7 Å². The molecule has 3 rings (SSSR count). The third kappa shape index (κ3) is 3.16. The number of amides is 1. The molecular formula is C18H23N3O3S2. The first kappa shape index (κ1) is 19.0. The van der Waals surface area contributed by atoms with Crippen molar-refractivity contribution in [3.05, 3.63) is 34.3 Å². The van der Waals surface area contributed by atoms with Crippen molar-refractivity contribution in [3.8, 4) is 0 Å². The molecule has 140 valence electrons. The number of sulfone groups is 1. The van der Waals surface area contributed by atoms with E-state index < -0.39 is 20.5 Å². The van der Waals surface area contributed by atoms with Crippen LogP contribution >= 0.6 is 11.3 Å². The Kier molecular flexibility index (Phi) is 5.16. The molecule has 2 aromatic rings. The fourth-order valence-corrected chi connectivity index (χ4v) is 6.48. The molecule has 0 atom stereocenters. The quantitative estimate of drug-likeness (QED) is 0.840. The van der Waals surface area contributed by atoms with Gasteiger partial charge < -0.3 is 0 Å². The normalized spacial score (nSPS) is 16.6. The van der Waals surface area contributed by atoms with Gasteiger partial charge in [0.05, 0.1) is 4.90 Å². The van der Waals surface area contributed by atoms with E-state index in [9.17, 15) is 13.2 Å². The molecule has 1 fully saturated rings. The lowest BCUT2D eigenvalue weighted by molar-refractivity contribution is -0.118. The van der Waals surface area contributed by atoms with Gasteiger partial charge in [-0.05, 0) is 50.3 Å². The summed E-state index contributed by atoms with van der Waals surface area (Å²) in [6, 6.07) is 5.34. The molecular weight excluding hydrogens is 370 g/mol. The zero-order valence-corrected chi connectivity index (χ0v) is 16.8. The van der Waals surface area contributed by atoms with Crippen LogP contribution in [0.2, 0.25) is 0 Å². The Balaban J connectivity index is 2.01. The number of rotatable bonds is 5. The average molecular weight is 394 g/mol. The average Bonchev–Trinajstić information content (AvgIpc) is 3.26. The van der Waals surface area contributed by atoms with E-state index in [4.69, 9.17) is 0 Å². The van der Waals surface area contributed by atoms with E-state index in [1.165, 1.54) is 11.3 Å². The molecule has 0 unspecified atom stereocenters. The molecule has 1 aromatic carbocycles. The first-order chi connectivity index (χ1) is 12.3. The van der Waals surface area contributed by atoms with Crippen LogP contribution in [0.5, 0.6) is 0 Å². The number of hydrogen-bond donors (Lipinski definition) is 1. The topological polar surface area (TPSA) is 89.0 Å². The van der Waals surface area contributed by atoms with Gasteiger partial charge in [-0.3, -0.25) is 10.1 Å². The molecule has 1 heterocycles. The van der Waals surface area contributed by atoms with Gasteiger partial charge in [-0.15, -0.1) is 10.2 Å². The van der Waals surface area contributed by atoms with Gasteiger partial charge in [-0.2, -0.15) is 0 Å². The summed E-state index contributed by atoms with van der Waals surface area (Å²) in [6.07, 6.45) is 2.81. The van der Waals surface area contributed by atoms with Crippen molar-refractivity contribution in [1.82, 2.24) is 10.2 Å². The van der Waals surface area contributed by atoms with Crippen LogP contribution in [0.3, 0.4) is 0 Å². The molecule has 1 N–H and O–H groups in total. The van der Waals surface area contributed by atoms with Crippen molar-refractivity contribution in [2.75, 3.05) is 5.32 Å². The van der Waals surface area contributed by atoms with Gasteiger partial charge in [0.15, 0.2) is 14.6 Å². The highest BCUT2D eigenvalue weighted by molar-refractivity contribution is 7.93. The molecule has 0 bridgehead atoms. The Morgan fingerprint density at radius 3 is 2.54 bits per heavy atom. The van der Waals surface area contributed by atoms with Gasteiger partial charge in [0, 0.05) is 0 Å². The zero-order chi connectivity index (χ0) is 18.9. The van der Waals surface area contributed by atoms with E-state index in [0.29, 0.717) is 36.4 Å². The molecule has 1 aliphatic rings. The Bertz CT molecular complexity index is 929. The van der Waals surface area contributed by atoms with Crippen molar-refractivity contribution in [2.45, 2.75) is 62.5 Å². The first-order valence-electron chi connectivity index (χ1n) is 8.76. The summed E-state index contributed by atoms with van der Waals surface area (Å²) in [5, 5.41) is 11.8. The molecule has 8 heteroatoms. The van der Waals surface area contributed by atoms with E-state index in [1.54, 1.807) is 19.1 Å². The monoisotopic (exact) mass is 393 g/mol. The van der Waals surface area contributed by atoms with E-state index in [2.05, 4.69) is 15.5 Å². The number of aryl methyl sites for hydroxylation is 3. The van der Waals surface area contributed by atoms with Crippen LogP contribution in [-0.2, 0) is 21.1 Å². The summed E-state index contributed by atoms with van der Waals surface area (Å²) in [6.45, 7) is 5.58. The number of carbonyl (C=O) groups excluding carboxylic acids is 1. The van der Waals surface area contributed by atoms with Gasteiger partial charge >= 0.3 is 0 Å². The minimum Gasteiger partial charge on any atom is -0.299 e. The van der Waals surface area contributed by atoms with Gasteiger partial charge in [0.2, 0.25) is 11.0 Å². The zero-order valence-electron chi connectivity index (χ0n) is 15.2. The molecule has 6 nitrogen and oxygen atoms in total. The Morgan fingerprint density at radius 1 is 1.23 bits per heavy atom. The number of anilines is 1. The maximum atomic E-state index is 13.5. The highest BCUT2D eigenvalue weighted by Crippen LogP contribution is 2.42. The standard InChI is InChI=1S/C18H23N3O3S2/c1-4-15-20-21-17(25-15)19-16(22)18(9-5-6-10-18)26(23,24)14-11-12(2)7-8-13(14)3/h7-8,11H,4-6,9-10H2,1-3H3,(H,19,21,22). The smallest absolute Gasteiger partial charge is 0.248 e. The van der Waals surface area contributed by atoms with Crippen molar-refractivity contribution in [3.63, 3.8) is 0 Å². The maximum absolute atomic E-state index is 13.5. The highest BCUT2D eigenvalue weighted by Gasteiger charge is 2.53. The summed E-state index contributed by atoms with van der Waals surface area (Å²) in [5.41, 5.74) is 1.53. The molecule has 26 heavy (non-hydrogen) atoms. The Labute approximate surface area is 158 Å². The van der Waals surface area contributed by atoms with E-state index in [-0.39, 0.29) is 4.90 Å². The van der Waals surface area contributed by atoms with Crippen molar-refractivity contribution in [1.29, 1.82) is 0 Å². The molecule has 0 saturated heterocycles. The molecule has 1 aromatic heterocycles. The van der Waals surface area contributed by atoms with Crippen LogP contribution in [0.15, 0.2) is 23.1 Å². The second-order valence-corrected chi connectivity index (χ2v) is 10.1. The van der Waals surface area contributed by atoms with Crippen LogP contribution in [-0.4, -0.2) is 29.3 Å². The van der Waals surface area contributed by atoms with Gasteiger partial charge in [-0.1, -0.05) is 43.2 Å². The SMILES string of the molecule is CCc1nnc(NC(=O)C2(S(=O)(=O)c3cc(C)ccc3C)CCCC2)s1. The van der Waals surface area contributed by atoms with Crippen LogP contribution in [0, 0.1) is 13.8 Å². The lowest BCUT2D eigenvalue weighted by atomic mass is 10.1. The fourth-order valence-electron chi connectivity index (χ4n) is 3.43. The number of nitrogens with zero attached hydrogens (tertiary/aromatic N) is 2. The van der Waals surface area contributed by atoms with Crippen LogP contribution < -0.4 is 5.32 Å². The largest absolute Gasteiger partial charge is 0.299 e. The third-order valence-electron chi connectivity index (χ3n) is 4.96. The third-order valence-corrected chi connectivity index (χ3v) is 8.59. The lowest BCUT2D eigenvalue weighted by Crippen LogP contribution is -2.47. The summed E-state index contributed by atoms with van der Waals surface area (Å²) in [5.74, 6) is -0.491. The second kappa shape index (κ2) is 7.08. The van der Waals surface area contributed by atoms with E-state index in [1.807, 2.05) is 19.9 Å². The van der Waals surface area contributed by atoms with Gasteiger partial charge in [0.25, 0.3) is 0 Å². The molecule has 0 aliphatic heterocycles. The summed E-state index contributed by atoms with van der Waals surface area (Å²) >= 11 is 1.28. The predicted molar refractivity (Wildman–Crippen MR) is 102 cm³/mol. The van der Waals surface area contributed by atoms with E-state index in [0.717, 1.165) is 17.0 Å². The summed E-state index contributed by atoms with van der Waals surface area (Å²) in [7, 11) is -3.83. The number of aromatic nitrogens is 2. The minimum absolute atomic E-state index is 0.251. The molecule has 0 spiro atoms. The van der Waals surface area contributed by atoms with Crippen LogP contribution in [0.4, 0.5) is 5.13 Å². The number of carbonyl (C=O) groups is 1. The maximum Gasteiger partial charge on any atom is 0.248 e. The Morgan fingerprint density at radius 2 is 1.92 bits per heavy atom. The summed E-state index contributed by atoms with van der Waals surface area (Å²) in [4.78, 5) is 13.4. The van der Waals surface area contributed by atoms with Crippen LogP contribution in [0.25, 0.3) is 0 Å². The van der Waals surface area contributed by atoms with Crippen molar-refractivity contribution < 1.29 is 13.2 Å². The molecule has 0 radical (unpaired) electrons. The molecule has 1 saturated carbocycles. The lowest BCUT2D eigenvalue weighted by Gasteiger charge is -2.28. The number of hydrogen-bond acceptors (Lipinski definition) is 6. The molecule has 1 aliphatic carbocycles. The van der Waals surface area contributed by atoms with Gasteiger partial charge in [0.1, 0.15) is 5.01 Å². The first-order valence-corrected chi connectivity index (χ1v) is 11.1. The summed E-state index contributed by atoms with van der Waals surface area (Å²) < 4.78 is 25.6. The molecule has 1 amide bonds. The minimum atomic E-state index is -3.83. The highest BCUT2D eigenvalue weighted by atomic mass is 32.2. The van der Waals surface area contributed by atoms with Crippen molar-refractivity contribution >= 4 is 32.2 Å².